The Bertz CT molecular complexity index is 1370. The summed E-state index contributed by atoms with van der Waals surface area (Å²) in [6.07, 6.45) is 6.30. The smallest absolute Gasteiger partial charge is 0.335 e. The normalized spacial score (nSPS) is 14.5. The average molecular weight is 505 g/mol. The summed E-state index contributed by atoms with van der Waals surface area (Å²) in [5.74, 6) is 0.839. The zero-order valence-corrected chi connectivity index (χ0v) is 21.8. The largest absolute Gasteiger partial charge is 0.495 e. The second kappa shape index (κ2) is 12.5. The second-order valence-electron chi connectivity index (χ2n) is 9.37. The number of aromatic nitrogens is 2. The SMILES string of the molecule is CCCCCC(=O)C=Cn1c(=O)n(CCN2CCN(c3ccccc3OC)CC2)c(=O)c2ccccc21. The van der Waals surface area contributed by atoms with Gasteiger partial charge in [0, 0.05) is 51.9 Å². The van der Waals surface area contributed by atoms with Gasteiger partial charge in [-0.3, -0.25) is 23.6 Å². The van der Waals surface area contributed by atoms with Gasteiger partial charge in [-0.2, -0.15) is 0 Å². The van der Waals surface area contributed by atoms with Crippen LogP contribution in [0.3, 0.4) is 0 Å². The minimum Gasteiger partial charge on any atom is -0.495 e. The average Bonchev–Trinajstić information content (AvgIpc) is 2.93. The summed E-state index contributed by atoms with van der Waals surface area (Å²) in [7, 11) is 1.68. The number of fused-ring (bicyclic) bond motifs is 1. The number of benzene rings is 2. The van der Waals surface area contributed by atoms with Crippen molar-refractivity contribution in [3.63, 3.8) is 0 Å². The van der Waals surface area contributed by atoms with Crippen LogP contribution >= 0.6 is 0 Å². The summed E-state index contributed by atoms with van der Waals surface area (Å²) in [6.45, 7) is 6.28. The number of para-hydroxylation sites is 3. The van der Waals surface area contributed by atoms with Gasteiger partial charge >= 0.3 is 5.69 Å². The molecule has 0 radical (unpaired) electrons. The van der Waals surface area contributed by atoms with E-state index in [0.29, 0.717) is 23.9 Å². The minimum absolute atomic E-state index is 0.0184. The fraction of sp³-hybridized carbons (Fsp3) is 0.414. The number of hydrogen-bond acceptors (Lipinski definition) is 6. The van der Waals surface area contributed by atoms with E-state index in [4.69, 9.17) is 4.74 Å². The summed E-state index contributed by atoms with van der Waals surface area (Å²) in [6, 6.07) is 15.1. The fourth-order valence-electron chi connectivity index (χ4n) is 4.81. The molecular formula is C29H36N4O4. The maximum Gasteiger partial charge on any atom is 0.335 e. The molecule has 1 aliphatic rings. The summed E-state index contributed by atoms with van der Waals surface area (Å²) < 4.78 is 8.22. The molecule has 0 amide bonds. The van der Waals surface area contributed by atoms with Crippen molar-refractivity contribution < 1.29 is 9.53 Å². The van der Waals surface area contributed by atoms with E-state index in [1.54, 1.807) is 31.4 Å². The van der Waals surface area contributed by atoms with Crippen molar-refractivity contribution in [1.29, 1.82) is 0 Å². The molecule has 1 saturated heterocycles. The number of piperazine rings is 1. The highest BCUT2D eigenvalue weighted by atomic mass is 16.5. The van der Waals surface area contributed by atoms with Crippen LogP contribution in [0.1, 0.15) is 32.6 Å². The number of unbranched alkanes of at least 4 members (excludes halogenated alkanes) is 2. The van der Waals surface area contributed by atoms with E-state index in [2.05, 4.69) is 22.8 Å². The monoisotopic (exact) mass is 504 g/mol. The Kier molecular flexibility index (Phi) is 8.95. The highest BCUT2D eigenvalue weighted by molar-refractivity contribution is 5.92. The zero-order chi connectivity index (χ0) is 26.2. The van der Waals surface area contributed by atoms with Gasteiger partial charge in [0.05, 0.1) is 23.7 Å². The van der Waals surface area contributed by atoms with Crippen molar-refractivity contribution in [2.75, 3.05) is 44.7 Å². The van der Waals surface area contributed by atoms with E-state index in [0.717, 1.165) is 56.9 Å². The van der Waals surface area contributed by atoms with Gasteiger partial charge in [0.25, 0.3) is 5.56 Å². The second-order valence-corrected chi connectivity index (χ2v) is 9.37. The molecule has 2 heterocycles. The van der Waals surface area contributed by atoms with Crippen molar-refractivity contribution in [1.82, 2.24) is 14.0 Å². The van der Waals surface area contributed by atoms with Gasteiger partial charge in [0.2, 0.25) is 0 Å². The van der Waals surface area contributed by atoms with Crippen molar-refractivity contribution in [2.45, 2.75) is 39.2 Å². The lowest BCUT2D eigenvalue weighted by atomic mass is 10.1. The third-order valence-corrected chi connectivity index (χ3v) is 6.95. The molecule has 37 heavy (non-hydrogen) atoms. The first kappa shape index (κ1) is 26.4. The number of ketones is 1. The topological polar surface area (TPSA) is 76.8 Å². The van der Waals surface area contributed by atoms with Crippen LogP contribution in [-0.2, 0) is 11.3 Å². The molecule has 4 rings (SSSR count). The molecule has 0 spiro atoms. The number of nitrogens with zero attached hydrogens (tertiary/aromatic N) is 4. The van der Waals surface area contributed by atoms with E-state index < -0.39 is 5.69 Å². The van der Waals surface area contributed by atoms with Crippen molar-refractivity contribution in [3.05, 3.63) is 75.4 Å². The molecule has 1 fully saturated rings. The number of methoxy groups -OCH3 is 1. The molecular weight excluding hydrogens is 468 g/mol. The van der Waals surface area contributed by atoms with E-state index in [9.17, 15) is 14.4 Å². The lowest BCUT2D eigenvalue weighted by Gasteiger charge is -2.36. The van der Waals surface area contributed by atoms with Crippen LogP contribution in [0.5, 0.6) is 5.75 Å². The molecule has 1 aliphatic heterocycles. The number of carbonyl (C=O) groups is 1. The minimum atomic E-state index is -0.422. The molecule has 1 aromatic heterocycles. The molecule has 8 heteroatoms. The first-order valence-electron chi connectivity index (χ1n) is 13.1. The van der Waals surface area contributed by atoms with Gasteiger partial charge in [-0.1, -0.05) is 44.0 Å². The molecule has 0 aliphatic carbocycles. The molecule has 0 unspecified atom stereocenters. The predicted molar refractivity (Wildman–Crippen MR) is 149 cm³/mol. The Hall–Kier alpha value is -3.65. The third kappa shape index (κ3) is 6.20. The number of rotatable bonds is 11. The predicted octanol–water partition coefficient (Wildman–Crippen LogP) is 3.61. The molecule has 0 saturated carbocycles. The molecule has 0 bridgehead atoms. The van der Waals surface area contributed by atoms with Crippen LogP contribution in [0.15, 0.2) is 64.2 Å². The summed E-state index contributed by atoms with van der Waals surface area (Å²) in [5.41, 5.74) is 0.868. The third-order valence-electron chi connectivity index (χ3n) is 6.95. The number of carbonyl (C=O) groups excluding carboxylic acids is 1. The summed E-state index contributed by atoms with van der Waals surface area (Å²) in [4.78, 5) is 43.5. The quantitative estimate of drug-likeness (QED) is 0.293. The Labute approximate surface area is 217 Å². The van der Waals surface area contributed by atoms with E-state index in [-0.39, 0.29) is 17.9 Å². The van der Waals surface area contributed by atoms with Gasteiger partial charge in [-0.05, 0) is 36.8 Å². The van der Waals surface area contributed by atoms with Crippen LogP contribution < -0.4 is 20.9 Å². The van der Waals surface area contributed by atoms with Crippen LogP contribution in [0.4, 0.5) is 5.69 Å². The first-order chi connectivity index (χ1) is 18.0. The van der Waals surface area contributed by atoms with Gasteiger partial charge in [-0.25, -0.2) is 4.79 Å². The molecule has 3 aromatic rings. The highest BCUT2D eigenvalue weighted by Crippen LogP contribution is 2.28. The number of ether oxygens (including phenoxy) is 1. The summed E-state index contributed by atoms with van der Waals surface area (Å²) >= 11 is 0. The van der Waals surface area contributed by atoms with Crippen molar-refractivity contribution >= 4 is 28.6 Å². The van der Waals surface area contributed by atoms with E-state index in [1.807, 2.05) is 18.2 Å². The lowest BCUT2D eigenvalue weighted by molar-refractivity contribution is -0.114. The van der Waals surface area contributed by atoms with Gasteiger partial charge < -0.3 is 9.64 Å². The van der Waals surface area contributed by atoms with Crippen LogP contribution in [-0.4, -0.2) is 59.7 Å². The molecule has 2 aromatic carbocycles. The Morgan fingerprint density at radius 2 is 1.68 bits per heavy atom. The number of hydrogen-bond donors (Lipinski definition) is 0. The Morgan fingerprint density at radius 1 is 0.946 bits per heavy atom. The van der Waals surface area contributed by atoms with Crippen molar-refractivity contribution in [2.24, 2.45) is 0 Å². The molecule has 0 N–H and O–H groups in total. The lowest BCUT2D eigenvalue weighted by Crippen LogP contribution is -2.49. The zero-order valence-electron chi connectivity index (χ0n) is 21.8. The fourth-order valence-corrected chi connectivity index (χ4v) is 4.81. The number of anilines is 1. The van der Waals surface area contributed by atoms with Crippen LogP contribution in [0, 0.1) is 0 Å². The molecule has 196 valence electrons. The van der Waals surface area contributed by atoms with Crippen molar-refractivity contribution in [3.8, 4) is 5.75 Å². The summed E-state index contributed by atoms with van der Waals surface area (Å²) in [5, 5.41) is 0.464. The molecule has 0 atom stereocenters. The Balaban J connectivity index is 1.49. The van der Waals surface area contributed by atoms with Gasteiger partial charge in [0.15, 0.2) is 5.78 Å². The molecule has 8 nitrogen and oxygen atoms in total. The van der Waals surface area contributed by atoms with Gasteiger partial charge in [0.1, 0.15) is 5.75 Å². The number of allylic oxidation sites excluding steroid dienone is 1. The van der Waals surface area contributed by atoms with Crippen LogP contribution in [0.25, 0.3) is 17.1 Å². The van der Waals surface area contributed by atoms with Gasteiger partial charge in [-0.15, -0.1) is 0 Å². The maximum absolute atomic E-state index is 13.4. The van der Waals surface area contributed by atoms with E-state index >= 15 is 0 Å². The standard InChI is InChI=1S/C29H36N4O4/c1-3-4-5-10-23(34)15-16-32-25-12-7-6-11-24(25)28(35)33(29(32)36)22-19-30-17-20-31(21-18-30)26-13-8-9-14-27(26)37-2/h6-9,11-16H,3-5,10,17-22H2,1-2H3. The first-order valence-corrected chi connectivity index (χ1v) is 13.1. The van der Waals surface area contributed by atoms with Crippen LogP contribution in [0.2, 0.25) is 0 Å². The highest BCUT2D eigenvalue weighted by Gasteiger charge is 2.20. The Morgan fingerprint density at radius 3 is 2.43 bits per heavy atom. The maximum atomic E-state index is 13.4. The van der Waals surface area contributed by atoms with E-state index in [1.165, 1.54) is 21.4 Å².